The Labute approximate surface area is 226 Å². The van der Waals surface area contributed by atoms with Crippen LogP contribution >= 0.6 is 11.8 Å². The molecule has 1 aliphatic rings. The van der Waals surface area contributed by atoms with Crippen molar-refractivity contribution >= 4 is 23.5 Å². The van der Waals surface area contributed by atoms with Gasteiger partial charge in [0.05, 0.1) is 16.7 Å². The Hall–Kier alpha value is -3.25. The number of thioether (sulfide) groups is 1. The smallest absolute Gasteiger partial charge is 0.355 e. The minimum Gasteiger partial charge on any atom is -0.355 e. The molecule has 1 saturated heterocycles. The Balaban J connectivity index is 1.62. The van der Waals surface area contributed by atoms with Gasteiger partial charge in [0.25, 0.3) is 5.91 Å². The van der Waals surface area contributed by atoms with Gasteiger partial charge in [-0.2, -0.15) is 38.1 Å². The first-order valence-electron chi connectivity index (χ1n) is 12.0. The molecular formula is C27H26F6N4OS. The number of hydrogen-bond donors (Lipinski definition) is 1. The summed E-state index contributed by atoms with van der Waals surface area (Å²) in [5, 5.41) is 1.15. The van der Waals surface area contributed by atoms with Gasteiger partial charge >= 0.3 is 12.4 Å². The van der Waals surface area contributed by atoms with E-state index in [1.807, 2.05) is 49.0 Å². The van der Waals surface area contributed by atoms with Crippen LogP contribution in [0.15, 0.2) is 54.7 Å². The fourth-order valence-corrected chi connectivity index (χ4v) is 5.25. The third kappa shape index (κ3) is 7.04. The van der Waals surface area contributed by atoms with Gasteiger partial charge in [-0.3, -0.25) is 10.2 Å². The van der Waals surface area contributed by atoms with Crippen LogP contribution in [0.5, 0.6) is 0 Å². The molecule has 39 heavy (non-hydrogen) atoms. The number of aryl methyl sites for hydroxylation is 1. The number of hydrogen-bond acceptors (Lipinski definition) is 5. The maximum Gasteiger partial charge on any atom is 0.416 e. The SMILES string of the molecule is Cc1ccccc1-c1cc(N2CCSCC2)ncc1C(=O)NN(C)Cc1cc(C(F)(F)F)cc(C(F)(F)F)c1. The number of pyridine rings is 1. The van der Waals surface area contributed by atoms with Crippen molar-refractivity contribution < 1.29 is 31.1 Å². The highest BCUT2D eigenvalue weighted by molar-refractivity contribution is 7.99. The number of alkyl halides is 6. The first kappa shape index (κ1) is 28.8. The molecule has 2 heterocycles. The summed E-state index contributed by atoms with van der Waals surface area (Å²) in [6.07, 6.45) is -8.46. The molecule has 0 atom stereocenters. The molecule has 0 bridgehead atoms. The second-order valence-electron chi connectivity index (χ2n) is 9.21. The highest BCUT2D eigenvalue weighted by Crippen LogP contribution is 2.36. The van der Waals surface area contributed by atoms with E-state index < -0.39 is 35.9 Å². The summed E-state index contributed by atoms with van der Waals surface area (Å²) < 4.78 is 79.5. The molecule has 0 saturated carbocycles. The molecule has 4 rings (SSSR count). The molecule has 0 unspecified atom stereocenters. The zero-order valence-electron chi connectivity index (χ0n) is 21.2. The van der Waals surface area contributed by atoms with Crippen LogP contribution in [0.4, 0.5) is 32.2 Å². The minimum atomic E-state index is -4.96. The second-order valence-corrected chi connectivity index (χ2v) is 10.4. The van der Waals surface area contributed by atoms with Crippen molar-refractivity contribution in [2.45, 2.75) is 25.8 Å². The number of nitrogens with zero attached hydrogens (tertiary/aromatic N) is 3. The maximum absolute atomic E-state index is 13.3. The van der Waals surface area contributed by atoms with E-state index in [-0.39, 0.29) is 17.2 Å². The number of anilines is 1. The van der Waals surface area contributed by atoms with Crippen molar-refractivity contribution in [3.8, 4) is 11.1 Å². The summed E-state index contributed by atoms with van der Waals surface area (Å²) in [4.78, 5) is 20.0. The number of aromatic nitrogens is 1. The van der Waals surface area contributed by atoms with Crippen molar-refractivity contribution in [2.24, 2.45) is 0 Å². The number of amides is 1. The van der Waals surface area contributed by atoms with Gasteiger partial charge in [0.15, 0.2) is 0 Å². The van der Waals surface area contributed by atoms with Crippen LogP contribution in [0, 0.1) is 6.92 Å². The number of carbonyl (C=O) groups is 1. The zero-order chi connectivity index (χ0) is 28.4. The molecule has 12 heteroatoms. The van der Waals surface area contributed by atoms with E-state index in [2.05, 4.69) is 15.3 Å². The van der Waals surface area contributed by atoms with Gasteiger partial charge in [-0.25, -0.2) is 9.99 Å². The van der Waals surface area contributed by atoms with Crippen LogP contribution in [0.2, 0.25) is 0 Å². The summed E-state index contributed by atoms with van der Waals surface area (Å²) in [5.74, 6) is 2.05. The number of benzene rings is 2. The van der Waals surface area contributed by atoms with Gasteiger partial charge in [-0.05, 0) is 53.4 Å². The van der Waals surface area contributed by atoms with Crippen LogP contribution in [0.1, 0.15) is 32.6 Å². The predicted octanol–water partition coefficient (Wildman–Crippen LogP) is 6.42. The van der Waals surface area contributed by atoms with Gasteiger partial charge in [0, 0.05) is 44.4 Å². The fourth-order valence-electron chi connectivity index (χ4n) is 4.35. The quantitative estimate of drug-likeness (QED) is 0.275. The normalized spacial score (nSPS) is 14.5. The van der Waals surface area contributed by atoms with Crippen LogP contribution in [0.3, 0.4) is 0 Å². The fraction of sp³-hybridized carbons (Fsp3) is 0.333. The lowest BCUT2D eigenvalue weighted by molar-refractivity contribution is -0.143. The summed E-state index contributed by atoms with van der Waals surface area (Å²) in [5.41, 5.74) is 2.08. The molecule has 3 aromatic rings. The third-order valence-corrected chi connectivity index (χ3v) is 7.21. The van der Waals surface area contributed by atoms with Crippen molar-refractivity contribution in [3.05, 3.63) is 82.5 Å². The Morgan fingerprint density at radius 1 is 0.974 bits per heavy atom. The van der Waals surface area contributed by atoms with Crippen LogP contribution in [-0.4, -0.2) is 47.5 Å². The van der Waals surface area contributed by atoms with E-state index in [0.29, 0.717) is 17.7 Å². The number of nitrogens with one attached hydrogen (secondary N) is 1. The Morgan fingerprint density at radius 2 is 1.59 bits per heavy atom. The predicted molar refractivity (Wildman–Crippen MR) is 139 cm³/mol. The molecule has 1 aromatic heterocycles. The lowest BCUT2D eigenvalue weighted by atomic mass is 9.97. The van der Waals surface area contributed by atoms with E-state index in [1.54, 1.807) is 0 Å². The summed E-state index contributed by atoms with van der Waals surface area (Å²) in [7, 11) is 1.37. The number of hydrazine groups is 1. The number of carbonyl (C=O) groups excluding carboxylic acids is 1. The molecule has 5 nitrogen and oxygen atoms in total. The average Bonchev–Trinajstić information content (AvgIpc) is 2.88. The van der Waals surface area contributed by atoms with Crippen molar-refractivity contribution in [3.63, 3.8) is 0 Å². The molecule has 208 valence electrons. The first-order valence-corrected chi connectivity index (χ1v) is 13.2. The number of halogens is 6. The highest BCUT2D eigenvalue weighted by atomic mass is 32.2. The van der Waals surface area contributed by atoms with Crippen molar-refractivity contribution in [1.82, 2.24) is 15.4 Å². The summed E-state index contributed by atoms with van der Waals surface area (Å²) in [6.45, 7) is 3.15. The monoisotopic (exact) mass is 568 g/mol. The first-order chi connectivity index (χ1) is 18.3. The van der Waals surface area contributed by atoms with Gasteiger partial charge in [-0.1, -0.05) is 24.3 Å². The second kappa shape index (κ2) is 11.5. The molecule has 1 amide bonds. The van der Waals surface area contributed by atoms with E-state index in [0.717, 1.165) is 46.5 Å². The minimum absolute atomic E-state index is 0.0742. The number of rotatable bonds is 6. The Morgan fingerprint density at radius 3 is 2.18 bits per heavy atom. The molecule has 0 aliphatic carbocycles. The summed E-state index contributed by atoms with van der Waals surface area (Å²) >= 11 is 1.85. The zero-order valence-corrected chi connectivity index (χ0v) is 22.0. The van der Waals surface area contributed by atoms with Gasteiger partial charge < -0.3 is 4.90 Å². The third-order valence-electron chi connectivity index (χ3n) is 6.26. The Kier molecular flexibility index (Phi) is 8.45. The van der Waals surface area contributed by atoms with E-state index in [4.69, 9.17) is 0 Å². The molecule has 0 radical (unpaired) electrons. The molecule has 1 N–H and O–H groups in total. The van der Waals surface area contributed by atoms with Gasteiger partial charge in [0.2, 0.25) is 0 Å². The largest absolute Gasteiger partial charge is 0.416 e. The van der Waals surface area contributed by atoms with E-state index >= 15 is 0 Å². The standard InChI is InChI=1S/C27H26F6N4OS/c1-17-5-3-4-6-21(17)22-14-24(37-7-9-39-10-8-37)34-15-23(22)25(38)35-36(2)16-18-11-19(26(28,29)30)13-20(12-18)27(31,32)33/h3-6,11-15H,7-10,16H2,1-2H3,(H,35,38). The Bertz CT molecular complexity index is 1310. The van der Waals surface area contributed by atoms with Gasteiger partial charge in [-0.15, -0.1) is 0 Å². The summed E-state index contributed by atoms with van der Waals surface area (Å²) in [6, 6.07) is 10.7. The maximum atomic E-state index is 13.3. The lowest BCUT2D eigenvalue weighted by Gasteiger charge is -2.28. The highest BCUT2D eigenvalue weighted by Gasteiger charge is 2.37. The van der Waals surface area contributed by atoms with Crippen LogP contribution < -0.4 is 10.3 Å². The van der Waals surface area contributed by atoms with Crippen LogP contribution in [-0.2, 0) is 18.9 Å². The average molecular weight is 569 g/mol. The molecular weight excluding hydrogens is 542 g/mol. The molecule has 1 fully saturated rings. The topological polar surface area (TPSA) is 48.5 Å². The van der Waals surface area contributed by atoms with E-state index in [9.17, 15) is 31.1 Å². The molecule has 1 aliphatic heterocycles. The van der Waals surface area contributed by atoms with E-state index in [1.165, 1.54) is 13.2 Å². The van der Waals surface area contributed by atoms with Gasteiger partial charge in [0.1, 0.15) is 5.82 Å². The van der Waals surface area contributed by atoms with Crippen LogP contribution in [0.25, 0.3) is 11.1 Å². The lowest BCUT2D eigenvalue weighted by Crippen LogP contribution is -2.39. The van der Waals surface area contributed by atoms with Crippen molar-refractivity contribution in [1.29, 1.82) is 0 Å². The molecule has 0 spiro atoms. The molecule has 2 aromatic carbocycles. The van der Waals surface area contributed by atoms with Crippen molar-refractivity contribution in [2.75, 3.05) is 36.5 Å².